The van der Waals surface area contributed by atoms with E-state index in [1.165, 1.54) is 12.1 Å². The van der Waals surface area contributed by atoms with Gasteiger partial charge in [-0.05, 0) is 24.3 Å². The van der Waals surface area contributed by atoms with E-state index in [0.29, 0.717) is 17.1 Å². The van der Waals surface area contributed by atoms with E-state index in [4.69, 9.17) is 0 Å². The highest BCUT2D eigenvalue weighted by Crippen LogP contribution is 2.19. The predicted molar refractivity (Wildman–Crippen MR) is 65.8 cm³/mol. The van der Waals surface area contributed by atoms with E-state index in [1.807, 2.05) is 0 Å². The van der Waals surface area contributed by atoms with Crippen molar-refractivity contribution in [1.29, 1.82) is 0 Å². The van der Waals surface area contributed by atoms with Gasteiger partial charge in [-0.1, -0.05) is 0 Å². The Labute approximate surface area is 105 Å². The van der Waals surface area contributed by atoms with Crippen LogP contribution in [0.15, 0.2) is 36.8 Å². The molecule has 6 nitrogen and oxygen atoms in total. The number of H-pyrrole nitrogens is 1. The van der Waals surface area contributed by atoms with E-state index in [2.05, 4.69) is 25.3 Å². The zero-order chi connectivity index (χ0) is 12.8. The molecule has 0 aliphatic heterocycles. The molecule has 0 radical (unpaired) electrons. The monoisotopic (exact) mass is 254 g/mol. The Kier molecular flexibility index (Phi) is 1.91. The fourth-order valence-electron chi connectivity index (χ4n) is 1.96. The van der Waals surface area contributed by atoms with Gasteiger partial charge < -0.3 is 0 Å². The maximum absolute atomic E-state index is 12.9. The summed E-state index contributed by atoms with van der Waals surface area (Å²) in [5, 5.41) is 11.8. The van der Waals surface area contributed by atoms with E-state index in [9.17, 15) is 4.39 Å². The first-order valence-electron chi connectivity index (χ1n) is 5.62. The van der Waals surface area contributed by atoms with Crippen LogP contribution in [0.5, 0.6) is 0 Å². The van der Waals surface area contributed by atoms with Gasteiger partial charge in [0.15, 0.2) is 17.1 Å². The Morgan fingerprint density at radius 2 is 2.00 bits per heavy atom. The fraction of sp³-hybridized carbons (Fsp3) is 0. The van der Waals surface area contributed by atoms with Gasteiger partial charge in [0.2, 0.25) is 0 Å². The SMILES string of the molecule is Fc1ccc(-c2nc3c4cn[nH]c4ncn3n2)cc1. The molecule has 1 aromatic carbocycles. The highest BCUT2D eigenvalue weighted by Gasteiger charge is 2.10. The van der Waals surface area contributed by atoms with Crippen molar-refractivity contribution >= 4 is 16.7 Å². The van der Waals surface area contributed by atoms with Gasteiger partial charge in [-0.15, -0.1) is 5.10 Å². The smallest absolute Gasteiger partial charge is 0.182 e. The molecule has 3 heterocycles. The van der Waals surface area contributed by atoms with Crippen molar-refractivity contribution in [2.45, 2.75) is 0 Å². The standard InChI is InChI=1S/C12H7FN6/c13-8-3-1-7(2-4-8)10-16-12-9-5-15-17-11(9)14-6-19(12)18-10/h1-6H,(H,15,17). The zero-order valence-corrected chi connectivity index (χ0v) is 9.58. The molecule has 4 rings (SSSR count). The van der Waals surface area contributed by atoms with Crippen LogP contribution in [0, 0.1) is 5.82 Å². The van der Waals surface area contributed by atoms with Gasteiger partial charge in [0, 0.05) is 5.56 Å². The van der Waals surface area contributed by atoms with Gasteiger partial charge >= 0.3 is 0 Å². The lowest BCUT2D eigenvalue weighted by molar-refractivity contribution is 0.628. The minimum Gasteiger partial charge on any atom is -0.261 e. The summed E-state index contributed by atoms with van der Waals surface area (Å²) in [5.74, 6) is 0.238. The van der Waals surface area contributed by atoms with Crippen molar-refractivity contribution in [3.63, 3.8) is 0 Å². The molecule has 19 heavy (non-hydrogen) atoms. The summed E-state index contributed by atoms with van der Waals surface area (Å²) in [6.07, 6.45) is 3.22. The number of nitrogens with zero attached hydrogens (tertiary/aromatic N) is 5. The van der Waals surface area contributed by atoms with Crippen LogP contribution in [-0.4, -0.2) is 29.8 Å². The molecule has 0 aliphatic carbocycles. The van der Waals surface area contributed by atoms with Gasteiger partial charge in [0.25, 0.3) is 0 Å². The lowest BCUT2D eigenvalue weighted by atomic mass is 10.2. The minimum absolute atomic E-state index is 0.286. The van der Waals surface area contributed by atoms with E-state index in [0.717, 1.165) is 10.9 Å². The van der Waals surface area contributed by atoms with Crippen molar-refractivity contribution < 1.29 is 4.39 Å². The van der Waals surface area contributed by atoms with Crippen LogP contribution in [0.25, 0.3) is 28.1 Å². The molecule has 4 aromatic rings. The van der Waals surface area contributed by atoms with Crippen LogP contribution >= 0.6 is 0 Å². The lowest BCUT2D eigenvalue weighted by Gasteiger charge is -1.92. The highest BCUT2D eigenvalue weighted by molar-refractivity contribution is 5.88. The number of rotatable bonds is 1. The number of nitrogens with one attached hydrogen (secondary N) is 1. The Hall–Kier alpha value is -2.83. The van der Waals surface area contributed by atoms with Gasteiger partial charge in [0.05, 0.1) is 11.6 Å². The largest absolute Gasteiger partial charge is 0.261 e. The Balaban J connectivity index is 1.98. The molecule has 3 aromatic heterocycles. The summed E-state index contributed by atoms with van der Waals surface area (Å²) in [6, 6.07) is 6.05. The van der Waals surface area contributed by atoms with Crippen molar-refractivity contribution in [3.8, 4) is 11.4 Å². The predicted octanol–water partition coefficient (Wildman–Crippen LogP) is 1.81. The Bertz CT molecular complexity index is 876. The molecule has 0 saturated heterocycles. The van der Waals surface area contributed by atoms with Crippen LogP contribution in [0.2, 0.25) is 0 Å². The second-order valence-electron chi connectivity index (χ2n) is 4.09. The molecule has 92 valence electrons. The maximum Gasteiger partial charge on any atom is 0.182 e. The number of aromatic amines is 1. The van der Waals surface area contributed by atoms with Crippen LogP contribution in [0.4, 0.5) is 4.39 Å². The summed E-state index contributed by atoms with van der Waals surface area (Å²) < 4.78 is 14.5. The minimum atomic E-state index is -0.286. The molecule has 0 fully saturated rings. The molecule has 0 amide bonds. The summed E-state index contributed by atoms with van der Waals surface area (Å²) in [5.41, 5.74) is 2.07. The third-order valence-corrected chi connectivity index (χ3v) is 2.89. The number of aromatic nitrogens is 6. The maximum atomic E-state index is 12.9. The first-order valence-corrected chi connectivity index (χ1v) is 5.62. The number of halogens is 1. The second kappa shape index (κ2) is 3.58. The summed E-state index contributed by atoms with van der Waals surface area (Å²) in [4.78, 5) is 8.62. The van der Waals surface area contributed by atoms with E-state index >= 15 is 0 Å². The fourth-order valence-corrected chi connectivity index (χ4v) is 1.96. The molecule has 0 aliphatic rings. The van der Waals surface area contributed by atoms with E-state index in [-0.39, 0.29) is 5.82 Å². The van der Waals surface area contributed by atoms with Gasteiger partial charge in [-0.25, -0.2) is 18.9 Å². The van der Waals surface area contributed by atoms with Crippen LogP contribution in [0.3, 0.4) is 0 Å². The quantitative estimate of drug-likeness (QED) is 0.562. The topological polar surface area (TPSA) is 71.8 Å². The third-order valence-electron chi connectivity index (χ3n) is 2.89. The number of fused-ring (bicyclic) bond motifs is 3. The first kappa shape index (κ1) is 10.1. The number of benzene rings is 1. The lowest BCUT2D eigenvalue weighted by Crippen LogP contribution is -1.89. The summed E-state index contributed by atoms with van der Waals surface area (Å²) in [7, 11) is 0. The van der Waals surface area contributed by atoms with Gasteiger partial charge in [0.1, 0.15) is 12.1 Å². The zero-order valence-electron chi connectivity index (χ0n) is 9.58. The Morgan fingerprint density at radius 3 is 2.84 bits per heavy atom. The first-order chi connectivity index (χ1) is 9.31. The molecule has 0 unspecified atom stereocenters. The molecule has 7 heteroatoms. The molecule has 1 N–H and O–H groups in total. The average molecular weight is 254 g/mol. The van der Waals surface area contributed by atoms with Crippen molar-refractivity contribution in [2.24, 2.45) is 0 Å². The van der Waals surface area contributed by atoms with Gasteiger partial charge in [-0.2, -0.15) is 5.10 Å². The van der Waals surface area contributed by atoms with Crippen LogP contribution in [-0.2, 0) is 0 Å². The molecule has 0 spiro atoms. The molecular weight excluding hydrogens is 247 g/mol. The number of hydrogen-bond acceptors (Lipinski definition) is 4. The molecule has 0 saturated carbocycles. The highest BCUT2D eigenvalue weighted by atomic mass is 19.1. The van der Waals surface area contributed by atoms with Crippen LogP contribution in [0.1, 0.15) is 0 Å². The molecule has 0 atom stereocenters. The Morgan fingerprint density at radius 1 is 1.16 bits per heavy atom. The van der Waals surface area contributed by atoms with Crippen molar-refractivity contribution in [1.82, 2.24) is 29.8 Å². The number of hydrogen-bond donors (Lipinski definition) is 1. The van der Waals surface area contributed by atoms with Crippen molar-refractivity contribution in [3.05, 3.63) is 42.6 Å². The van der Waals surface area contributed by atoms with Crippen LogP contribution < -0.4 is 0 Å². The molecule has 0 bridgehead atoms. The average Bonchev–Trinajstić information content (AvgIpc) is 3.04. The van der Waals surface area contributed by atoms with Crippen molar-refractivity contribution in [2.75, 3.05) is 0 Å². The second-order valence-corrected chi connectivity index (χ2v) is 4.09. The van der Waals surface area contributed by atoms with E-state index in [1.54, 1.807) is 29.2 Å². The van der Waals surface area contributed by atoms with Gasteiger partial charge in [-0.3, -0.25) is 5.10 Å². The normalized spacial score (nSPS) is 11.4. The van der Waals surface area contributed by atoms with E-state index < -0.39 is 0 Å². The third kappa shape index (κ3) is 1.48. The molecular formula is C12H7FN6. The summed E-state index contributed by atoms with van der Waals surface area (Å²) >= 11 is 0. The summed E-state index contributed by atoms with van der Waals surface area (Å²) in [6.45, 7) is 0.